The van der Waals surface area contributed by atoms with Gasteiger partial charge in [-0.1, -0.05) is 3.89 Å². The van der Waals surface area contributed by atoms with Gasteiger partial charge in [0.1, 0.15) is 0 Å². The topological polar surface area (TPSA) is 69.4 Å². The molecule has 0 rings (SSSR count). The Morgan fingerprint density at radius 3 is 1.83 bits per heavy atom. The summed E-state index contributed by atoms with van der Waals surface area (Å²) in [5.41, 5.74) is 0. The highest BCUT2D eigenvalue weighted by molar-refractivity contribution is 7.81. The molecular formula is H2FNO3S. The van der Waals surface area contributed by atoms with Gasteiger partial charge in [0.05, 0.1) is 0 Å². The molecule has 0 aromatic carbocycles. The fraction of sp³-hybridized carbons (Fsp3) is 0. The van der Waals surface area contributed by atoms with Gasteiger partial charge in [0, 0.05) is 0 Å². The Hall–Kier alpha value is -0.200. The number of hydrogen-bond donors (Lipinski definition) is 1. The molecule has 6 heavy (non-hydrogen) atoms. The Morgan fingerprint density at radius 1 is 1.67 bits per heavy atom. The first kappa shape index (κ1) is 5.80. The lowest BCUT2D eigenvalue weighted by Gasteiger charge is -1.77. The summed E-state index contributed by atoms with van der Waals surface area (Å²) in [4.78, 5) is 0. The Labute approximate surface area is 34.1 Å². The van der Waals surface area contributed by atoms with Gasteiger partial charge >= 0.3 is 10.5 Å². The van der Waals surface area contributed by atoms with Crippen molar-refractivity contribution in [1.82, 2.24) is 0 Å². The van der Waals surface area contributed by atoms with Crippen LogP contribution in [0.1, 0.15) is 0 Å². The van der Waals surface area contributed by atoms with E-state index in [1.807, 2.05) is 0 Å². The summed E-state index contributed by atoms with van der Waals surface area (Å²) in [6.45, 7) is 0. The van der Waals surface area contributed by atoms with Crippen molar-refractivity contribution in [3.8, 4) is 0 Å². The SMILES string of the molecule is NOS(=O)(=O)F. The third-order valence-corrected chi connectivity index (χ3v) is 0.345. The highest BCUT2D eigenvalue weighted by Gasteiger charge is 1.99. The maximum absolute atomic E-state index is 10.7. The predicted molar refractivity (Wildman–Crippen MR) is 15.3 cm³/mol. The molecule has 38 valence electrons. The first-order valence-corrected chi connectivity index (χ1v) is 2.20. The number of halogens is 1. The second-order valence-corrected chi connectivity index (χ2v) is 1.47. The van der Waals surface area contributed by atoms with Crippen LogP contribution in [0.25, 0.3) is 0 Å². The summed E-state index contributed by atoms with van der Waals surface area (Å²) in [5.74, 6) is 3.84. The Morgan fingerprint density at radius 2 is 1.83 bits per heavy atom. The molecule has 6 heteroatoms. The molecule has 0 unspecified atom stereocenters. The van der Waals surface area contributed by atoms with E-state index in [1.54, 1.807) is 0 Å². The standard InChI is InChI=1S/FH2NO3S/c1-6(3,4)5-2/h2H2. The van der Waals surface area contributed by atoms with Crippen molar-refractivity contribution < 1.29 is 16.6 Å². The second-order valence-electron chi connectivity index (χ2n) is 0.489. The quantitative estimate of drug-likeness (QED) is 0.355. The number of nitrogens with two attached hydrogens (primary N) is 1. The highest BCUT2D eigenvalue weighted by Crippen LogP contribution is 1.83. The summed E-state index contributed by atoms with van der Waals surface area (Å²) in [6, 6.07) is 0. The molecule has 0 aromatic rings. The van der Waals surface area contributed by atoms with E-state index >= 15 is 0 Å². The minimum absolute atomic E-state index is 2.74. The summed E-state index contributed by atoms with van der Waals surface area (Å²) in [6.07, 6.45) is 0. The molecular weight excluding hydrogens is 113 g/mol. The van der Waals surface area contributed by atoms with Crippen LogP contribution in [0.3, 0.4) is 0 Å². The minimum atomic E-state index is -4.88. The van der Waals surface area contributed by atoms with Crippen LogP contribution in [-0.2, 0) is 14.8 Å². The van der Waals surface area contributed by atoms with E-state index < -0.39 is 10.5 Å². The predicted octanol–water partition coefficient (Wildman–Crippen LogP) is -0.909. The fourth-order valence-corrected chi connectivity index (χ4v) is 0. The largest absolute Gasteiger partial charge is 0.453 e. The average molecular weight is 115 g/mol. The summed E-state index contributed by atoms with van der Waals surface area (Å²) < 4.78 is 31.5. The van der Waals surface area contributed by atoms with Gasteiger partial charge in [0.15, 0.2) is 0 Å². The molecule has 0 aliphatic carbocycles. The molecule has 0 saturated heterocycles. The van der Waals surface area contributed by atoms with Crippen LogP contribution in [0.4, 0.5) is 3.89 Å². The van der Waals surface area contributed by atoms with Crippen LogP contribution in [0.2, 0.25) is 0 Å². The van der Waals surface area contributed by atoms with E-state index in [2.05, 4.69) is 10.2 Å². The van der Waals surface area contributed by atoms with Crippen molar-refractivity contribution in [1.29, 1.82) is 0 Å². The number of rotatable bonds is 1. The van der Waals surface area contributed by atoms with E-state index in [-0.39, 0.29) is 0 Å². The third kappa shape index (κ3) is 3.80. The first-order chi connectivity index (χ1) is 2.56. The van der Waals surface area contributed by atoms with Gasteiger partial charge < -0.3 is 0 Å². The molecule has 0 aliphatic rings. The van der Waals surface area contributed by atoms with Crippen LogP contribution >= 0.6 is 0 Å². The molecule has 4 nitrogen and oxygen atoms in total. The van der Waals surface area contributed by atoms with Gasteiger partial charge in [-0.25, -0.2) is 0 Å². The van der Waals surface area contributed by atoms with Crippen molar-refractivity contribution in [2.75, 3.05) is 0 Å². The Bertz CT molecular complexity index is 113. The Balaban J connectivity index is 3.85. The molecule has 0 heterocycles. The molecule has 0 amide bonds. The summed E-state index contributed by atoms with van der Waals surface area (Å²) >= 11 is 0. The van der Waals surface area contributed by atoms with E-state index in [0.29, 0.717) is 0 Å². The smallest absolute Gasteiger partial charge is 0.195 e. The normalized spacial score (nSPS) is 11.7. The zero-order valence-corrected chi connectivity index (χ0v) is 3.40. The lowest BCUT2D eigenvalue weighted by atomic mass is 13.6. The monoisotopic (exact) mass is 115 g/mol. The van der Waals surface area contributed by atoms with Gasteiger partial charge in [-0.05, 0) is 0 Å². The van der Waals surface area contributed by atoms with Crippen molar-refractivity contribution in [3.05, 3.63) is 0 Å². The van der Waals surface area contributed by atoms with Gasteiger partial charge in [0.2, 0.25) is 0 Å². The molecule has 0 radical (unpaired) electrons. The molecule has 0 saturated carbocycles. The molecule has 0 fully saturated rings. The molecule has 0 spiro atoms. The zero-order chi connectivity index (χ0) is 5.21. The highest BCUT2D eigenvalue weighted by atomic mass is 32.3. The van der Waals surface area contributed by atoms with Crippen LogP contribution in [0.15, 0.2) is 0 Å². The molecule has 0 atom stereocenters. The van der Waals surface area contributed by atoms with Gasteiger partial charge in [-0.15, -0.1) is 0 Å². The van der Waals surface area contributed by atoms with E-state index in [0.717, 1.165) is 0 Å². The lowest BCUT2D eigenvalue weighted by molar-refractivity contribution is 0.305. The van der Waals surface area contributed by atoms with Crippen molar-refractivity contribution in [2.45, 2.75) is 0 Å². The van der Waals surface area contributed by atoms with Crippen LogP contribution < -0.4 is 5.90 Å². The second kappa shape index (κ2) is 1.50. The summed E-state index contributed by atoms with van der Waals surface area (Å²) in [5, 5.41) is 0. The molecule has 0 aliphatic heterocycles. The van der Waals surface area contributed by atoms with Gasteiger partial charge in [-0.3, -0.25) is 0 Å². The molecule has 0 bridgehead atoms. The van der Waals surface area contributed by atoms with E-state index in [9.17, 15) is 3.89 Å². The van der Waals surface area contributed by atoms with E-state index in [1.165, 1.54) is 0 Å². The van der Waals surface area contributed by atoms with Gasteiger partial charge in [-0.2, -0.15) is 18.6 Å². The first-order valence-electron chi connectivity index (χ1n) is 0.890. The van der Waals surface area contributed by atoms with Crippen LogP contribution in [0, 0.1) is 0 Å². The number of hydrogen-bond acceptors (Lipinski definition) is 4. The zero-order valence-electron chi connectivity index (χ0n) is 2.59. The van der Waals surface area contributed by atoms with E-state index in [4.69, 9.17) is 8.42 Å². The summed E-state index contributed by atoms with van der Waals surface area (Å²) in [7, 11) is -4.88. The van der Waals surface area contributed by atoms with Crippen LogP contribution in [-0.4, -0.2) is 8.42 Å². The van der Waals surface area contributed by atoms with Crippen molar-refractivity contribution in [3.63, 3.8) is 0 Å². The molecule has 2 N–H and O–H groups in total. The lowest BCUT2D eigenvalue weighted by Crippen LogP contribution is -2.03. The maximum atomic E-state index is 10.7. The Kier molecular flexibility index (Phi) is 1.45. The van der Waals surface area contributed by atoms with Gasteiger partial charge in [0.25, 0.3) is 0 Å². The fourth-order valence-electron chi connectivity index (χ4n) is 0. The van der Waals surface area contributed by atoms with Crippen molar-refractivity contribution >= 4 is 10.5 Å². The van der Waals surface area contributed by atoms with Crippen molar-refractivity contribution in [2.24, 2.45) is 5.90 Å². The van der Waals surface area contributed by atoms with Crippen LogP contribution in [0.5, 0.6) is 0 Å². The molecule has 0 aromatic heterocycles. The third-order valence-electron chi connectivity index (χ3n) is 0.115. The maximum Gasteiger partial charge on any atom is 0.453 e. The average Bonchev–Trinajstić information content (AvgIpc) is 1.35. The minimum Gasteiger partial charge on any atom is -0.195 e.